The molecule has 0 fully saturated rings. The summed E-state index contributed by atoms with van der Waals surface area (Å²) >= 11 is 1.29. The van der Waals surface area contributed by atoms with Crippen molar-refractivity contribution in [1.82, 2.24) is 9.88 Å². The van der Waals surface area contributed by atoms with E-state index in [0.717, 1.165) is 22.6 Å². The van der Waals surface area contributed by atoms with Gasteiger partial charge < -0.3 is 9.26 Å². The van der Waals surface area contributed by atoms with E-state index < -0.39 is 10.0 Å². The zero-order valence-electron chi connectivity index (χ0n) is 14.6. The first-order chi connectivity index (χ1) is 12.5. The van der Waals surface area contributed by atoms with Crippen molar-refractivity contribution in [3.63, 3.8) is 0 Å². The van der Waals surface area contributed by atoms with E-state index in [1.54, 1.807) is 13.2 Å². The van der Waals surface area contributed by atoms with Crippen LogP contribution in [-0.2, 0) is 22.9 Å². The number of hydrogen-bond acceptors (Lipinski definition) is 6. The van der Waals surface area contributed by atoms with E-state index in [1.807, 2.05) is 43.3 Å². The molecule has 138 valence electrons. The molecule has 0 aliphatic carbocycles. The van der Waals surface area contributed by atoms with Crippen LogP contribution in [0.1, 0.15) is 17.5 Å². The summed E-state index contributed by atoms with van der Waals surface area (Å²) in [6.45, 7) is 2.26. The largest absolute Gasteiger partial charge is 0.497 e. The highest BCUT2D eigenvalue weighted by molar-refractivity contribution is 7.91. The van der Waals surface area contributed by atoms with Crippen LogP contribution in [0.25, 0.3) is 11.3 Å². The topological polar surface area (TPSA) is 81.4 Å². The lowest BCUT2D eigenvalue weighted by Crippen LogP contribution is -2.25. The Hall–Kier alpha value is -2.16. The second-order valence-corrected chi connectivity index (χ2v) is 8.80. The molecule has 0 aliphatic rings. The molecule has 8 heteroatoms. The molecule has 1 aromatic carbocycles. The van der Waals surface area contributed by atoms with Gasteiger partial charge in [0.2, 0.25) is 10.0 Å². The molecular formula is C18H20N2O4S2. The predicted molar refractivity (Wildman–Crippen MR) is 101 cm³/mol. The summed E-state index contributed by atoms with van der Waals surface area (Å²) in [7, 11) is -1.88. The summed E-state index contributed by atoms with van der Waals surface area (Å²) in [6, 6.07) is 12.8. The Labute approximate surface area is 156 Å². The van der Waals surface area contributed by atoms with Crippen LogP contribution >= 0.6 is 11.3 Å². The first-order valence-electron chi connectivity index (χ1n) is 8.20. The zero-order valence-corrected chi connectivity index (χ0v) is 16.2. The highest BCUT2D eigenvalue weighted by atomic mass is 32.2. The number of thiophene rings is 1. The maximum absolute atomic E-state index is 12.3. The van der Waals surface area contributed by atoms with Gasteiger partial charge in [0.15, 0.2) is 5.76 Å². The molecule has 0 saturated heterocycles. The molecule has 1 N–H and O–H groups in total. The molecule has 3 rings (SSSR count). The van der Waals surface area contributed by atoms with Gasteiger partial charge in [-0.3, -0.25) is 0 Å². The summed E-state index contributed by atoms with van der Waals surface area (Å²) in [4.78, 5) is 1.05. The molecule has 0 atom stereocenters. The van der Waals surface area contributed by atoms with E-state index in [0.29, 0.717) is 22.1 Å². The van der Waals surface area contributed by atoms with Crippen molar-refractivity contribution >= 4 is 21.4 Å². The quantitative estimate of drug-likeness (QED) is 0.635. The number of nitrogens with zero attached hydrogens (tertiary/aromatic N) is 1. The summed E-state index contributed by atoms with van der Waals surface area (Å²) in [5, 5.41) is 4.01. The molecule has 6 nitrogen and oxygen atoms in total. The van der Waals surface area contributed by atoms with E-state index in [2.05, 4.69) is 9.88 Å². The Morgan fingerprint density at radius 3 is 2.81 bits per heavy atom. The Morgan fingerprint density at radius 2 is 2.08 bits per heavy atom. The highest BCUT2D eigenvalue weighted by Crippen LogP contribution is 2.25. The fourth-order valence-electron chi connectivity index (χ4n) is 2.42. The Balaban J connectivity index is 1.61. The summed E-state index contributed by atoms with van der Waals surface area (Å²) < 4.78 is 38.1. The van der Waals surface area contributed by atoms with Crippen LogP contribution in [0.3, 0.4) is 0 Å². The minimum Gasteiger partial charge on any atom is -0.497 e. The molecule has 26 heavy (non-hydrogen) atoms. The van der Waals surface area contributed by atoms with Crippen LogP contribution in [-0.4, -0.2) is 27.2 Å². The number of benzene rings is 1. The lowest BCUT2D eigenvalue weighted by Gasteiger charge is -2.02. The van der Waals surface area contributed by atoms with Crippen LogP contribution in [0.2, 0.25) is 0 Å². The Bertz CT molecular complexity index is 977. The van der Waals surface area contributed by atoms with Crippen LogP contribution in [0, 0.1) is 0 Å². The highest BCUT2D eigenvalue weighted by Gasteiger charge is 2.16. The van der Waals surface area contributed by atoms with E-state index in [1.165, 1.54) is 11.3 Å². The van der Waals surface area contributed by atoms with Gasteiger partial charge in [0.05, 0.1) is 12.8 Å². The smallest absolute Gasteiger partial charge is 0.250 e. The number of rotatable bonds is 8. The van der Waals surface area contributed by atoms with E-state index in [4.69, 9.17) is 9.26 Å². The van der Waals surface area contributed by atoms with Gasteiger partial charge in [-0.05, 0) is 30.7 Å². The molecule has 0 amide bonds. The third kappa shape index (κ3) is 4.32. The summed E-state index contributed by atoms with van der Waals surface area (Å²) in [5.41, 5.74) is 1.54. The van der Waals surface area contributed by atoms with Gasteiger partial charge in [-0.2, -0.15) is 0 Å². The molecule has 0 radical (unpaired) electrons. The van der Waals surface area contributed by atoms with Gasteiger partial charge in [0.25, 0.3) is 0 Å². The molecule has 0 spiro atoms. The van der Waals surface area contributed by atoms with Crippen molar-refractivity contribution < 1.29 is 17.7 Å². The summed E-state index contributed by atoms with van der Waals surface area (Å²) in [6.07, 6.45) is 1.27. The van der Waals surface area contributed by atoms with Gasteiger partial charge in [-0.1, -0.05) is 24.2 Å². The molecule has 0 aliphatic heterocycles. The average Bonchev–Trinajstić information content (AvgIpc) is 3.31. The normalized spacial score (nSPS) is 11.6. The second kappa shape index (κ2) is 8.03. The maximum Gasteiger partial charge on any atom is 0.250 e. The minimum absolute atomic E-state index is 0.256. The standard InChI is InChI=1S/C18H20N2O4S2/c1-3-16-7-8-18(25-16)26(21,22)19-10-9-14-12-17(24-20-14)13-5-4-6-15(11-13)23-2/h4-8,11-12,19H,3,9-10H2,1-2H3. The van der Waals surface area contributed by atoms with E-state index in [9.17, 15) is 8.42 Å². The van der Waals surface area contributed by atoms with Crippen molar-refractivity contribution in [2.75, 3.05) is 13.7 Å². The summed E-state index contributed by atoms with van der Waals surface area (Å²) in [5.74, 6) is 1.35. The van der Waals surface area contributed by atoms with Crippen LogP contribution in [0.4, 0.5) is 0 Å². The first kappa shape index (κ1) is 18.6. The molecule has 0 unspecified atom stereocenters. The molecule has 2 heterocycles. The number of sulfonamides is 1. The average molecular weight is 393 g/mol. The van der Waals surface area contributed by atoms with Crippen molar-refractivity contribution in [2.24, 2.45) is 0 Å². The minimum atomic E-state index is -3.48. The van der Waals surface area contributed by atoms with Gasteiger partial charge >= 0.3 is 0 Å². The molecular weight excluding hydrogens is 372 g/mol. The predicted octanol–water partition coefficient (Wildman–Crippen LogP) is 3.50. The monoisotopic (exact) mass is 392 g/mol. The molecule has 3 aromatic rings. The first-order valence-corrected chi connectivity index (χ1v) is 10.5. The number of aryl methyl sites for hydroxylation is 1. The van der Waals surface area contributed by atoms with Crippen molar-refractivity contribution in [3.8, 4) is 17.1 Å². The van der Waals surface area contributed by atoms with Crippen molar-refractivity contribution in [1.29, 1.82) is 0 Å². The van der Waals surface area contributed by atoms with Crippen LogP contribution < -0.4 is 9.46 Å². The Kier molecular flexibility index (Phi) is 5.75. The third-order valence-electron chi connectivity index (χ3n) is 3.84. The van der Waals surface area contributed by atoms with Crippen LogP contribution in [0.15, 0.2) is 51.2 Å². The Morgan fingerprint density at radius 1 is 1.23 bits per heavy atom. The van der Waals surface area contributed by atoms with Gasteiger partial charge in [0.1, 0.15) is 9.96 Å². The third-order valence-corrected chi connectivity index (χ3v) is 7.02. The zero-order chi connectivity index (χ0) is 18.6. The van der Waals surface area contributed by atoms with Crippen LogP contribution in [0.5, 0.6) is 5.75 Å². The maximum atomic E-state index is 12.3. The SMILES string of the molecule is CCc1ccc(S(=O)(=O)NCCc2cc(-c3cccc(OC)c3)on2)s1. The fraction of sp³-hybridized carbons (Fsp3) is 0.278. The molecule has 2 aromatic heterocycles. The lowest BCUT2D eigenvalue weighted by molar-refractivity contribution is 0.412. The fourth-order valence-corrected chi connectivity index (χ4v) is 4.79. The number of nitrogens with one attached hydrogen (secondary N) is 1. The number of hydrogen-bond donors (Lipinski definition) is 1. The molecule has 0 saturated carbocycles. The van der Waals surface area contributed by atoms with Gasteiger partial charge in [-0.15, -0.1) is 11.3 Å². The molecule has 0 bridgehead atoms. The van der Waals surface area contributed by atoms with E-state index >= 15 is 0 Å². The van der Waals surface area contributed by atoms with Gasteiger partial charge in [0, 0.05) is 29.5 Å². The van der Waals surface area contributed by atoms with Crippen molar-refractivity contribution in [3.05, 3.63) is 53.0 Å². The van der Waals surface area contributed by atoms with Gasteiger partial charge in [-0.25, -0.2) is 13.1 Å². The number of aromatic nitrogens is 1. The van der Waals surface area contributed by atoms with Crippen molar-refractivity contribution in [2.45, 2.75) is 24.0 Å². The number of methoxy groups -OCH3 is 1. The second-order valence-electron chi connectivity index (χ2n) is 5.64. The van der Waals surface area contributed by atoms with E-state index in [-0.39, 0.29) is 6.54 Å². The number of ether oxygens (including phenoxy) is 1. The lowest BCUT2D eigenvalue weighted by atomic mass is 10.1.